The number of pyridine rings is 1. The van der Waals surface area contributed by atoms with Crippen molar-refractivity contribution in [3.05, 3.63) is 40.8 Å². The highest BCUT2D eigenvalue weighted by Crippen LogP contribution is 2.39. The van der Waals surface area contributed by atoms with Crippen molar-refractivity contribution in [2.45, 2.75) is 51.2 Å². The van der Waals surface area contributed by atoms with E-state index in [2.05, 4.69) is 25.6 Å². The second-order valence-corrected chi connectivity index (χ2v) is 11.3. The van der Waals surface area contributed by atoms with Crippen molar-refractivity contribution in [2.24, 2.45) is 5.92 Å². The van der Waals surface area contributed by atoms with Crippen molar-refractivity contribution in [3.63, 3.8) is 0 Å². The molecular weight excluding hydrogens is 495 g/mol. The fourth-order valence-corrected chi connectivity index (χ4v) is 6.01. The molecule has 194 valence electrons. The van der Waals surface area contributed by atoms with Gasteiger partial charge >= 0.3 is 6.18 Å². The summed E-state index contributed by atoms with van der Waals surface area (Å²) in [5.74, 6) is 0.316. The molecule has 2 aliphatic rings. The third kappa shape index (κ3) is 5.24. The minimum absolute atomic E-state index is 0.0234. The van der Waals surface area contributed by atoms with Gasteiger partial charge in [-0.2, -0.15) is 18.4 Å². The van der Waals surface area contributed by atoms with Gasteiger partial charge in [0.2, 0.25) is 16.0 Å². The molecule has 2 aliphatic heterocycles. The first-order chi connectivity index (χ1) is 17.1. The lowest BCUT2D eigenvalue weighted by atomic mass is 9.89. The van der Waals surface area contributed by atoms with Crippen LogP contribution in [-0.4, -0.2) is 59.1 Å². The minimum atomic E-state index is -4.54. The summed E-state index contributed by atoms with van der Waals surface area (Å²) in [4.78, 5) is 12.8. The predicted octanol–water partition coefficient (Wildman–Crippen LogP) is 3.57. The van der Waals surface area contributed by atoms with Gasteiger partial charge in [-0.25, -0.2) is 27.7 Å². The number of piperidine rings is 1. The molecule has 0 spiro atoms. The summed E-state index contributed by atoms with van der Waals surface area (Å²) in [7, 11) is -3.22. The number of hydrogen-bond donors (Lipinski definition) is 2. The number of nitrogens with one attached hydrogen (secondary N) is 2. The summed E-state index contributed by atoms with van der Waals surface area (Å²) in [6.07, 6.45) is -0.232. The number of anilines is 2. The lowest BCUT2D eigenvalue weighted by Gasteiger charge is -2.35. The molecule has 1 saturated heterocycles. The van der Waals surface area contributed by atoms with Crippen LogP contribution in [0.25, 0.3) is 0 Å². The lowest BCUT2D eigenvalue weighted by molar-refractivity contribution is -0.137. The number of sulfonamides is 1. The molecule has 2 aromatic heterocycles. The third-order valence-electron chi connectivity index (χ3n) is 6.94. The highest BCUT2D eigenvalue weighted by atomic mass is 32.2. The van der Waals surface area contributed by atoms with Crippen molar-refractivity contribution in [2.75, 3.05) is 36.0 Å². The van der Waals surface area contributed by atoms with Crippen LogP contribution in [0.3, 0.4) is 0 Å². The number of rotatable bonds is 7. The Morgan fingerprint density at radius 2 is 1.97 bits per heavy atom. The molecule has 0 radical (unpaired) electrons. The van der Waals surface area contributed by atoms with Gasteiger partial charge < -0.3 is 10.6 Å². The van der Waals surface area contributed by atoms with Crippen LogP contribution >= 0.6 is 0 Å². The Kier molecular flexibility index (Phi) is 7.38. The summed E-state index contributed by atoms with van der Waals surface area (Å²) in [5, 5.41) is 15.9. The lowest BCUT2D eigenvalue weighted by Crippen LogP contribution is -2.43. The van der Waals surface area contributed by atoms with E-state index in [1.807, 2.05) is 13.0 Å². The largest absolute Gasteiger partial charge is 0.417 e. The van der Waals surface area contributed by atoms with Gasteiger partial charge in [-0.05, 0) is 38.2 Å². The number of fused-ring (bicyclic) bond motifs is 1. The second kappa shape index (κ2) is 10.2. The van der Waals surface area contributed by atoms with E-state index in [9.17, 15) is 26.9 Å². The van der Waals surface area contributed by atoms with E-state index in [-0.39, 0.29) is 35.8 Å². The van der Waals surface area contributed by atoms with Crippen LogP contribution in [0, 0.1) is 17.2 Å². The Bertz CT molecular complexity index is 1260. The summed E-state index contributed by atoms with van der Waals surface area (Å²) >= 11 is 0. The van der Waals surface area contributed by atoms with Gasteiger partial charge in [0.25, 0.3) is 0 Å². The molecule has 36 heavy (non-hydrogen) atoms. The van der Waals surface area contributed by atoms with Crippen molar-refractivity contribution in [3.8, 4) is 6.07 Å². The summed E-state index contributed by atoms with van der Waals surface area (Å²) < 4.78 is 65.7. The van der Waals surface area contributed by atoms with Crippen LogP contribution < -0.4 is 10.6 Å². The fourth-order valence-electron chi connectivity index (χ4n) is 4.88. The van der Waals surface area contributed by atoms with Crippen LogP contribution in [0.15, 0.2) is 18.5 Å². The van der Waals surface area contributed by atoms with E-state index in [4.69, 9.17) is 0 Å². The van der Waals surface area contributed by atoms with Gasteiger partial charge in [0, 0.05) is 43.4 Å². The topological polar surface area (TPSA) is 124 Å². The first-order valence-corrected chi connectivity index (χ1v) is 13.5. The Labute approximate surface area is 208 Å². The normalized spacial score (nSPS) is 19.8. The molecule has 13 heteroatoms. The molecule has 0 bridgehead atoms. The second-order valence-electron chi connectivity index (χ2n) is 8.99. The van der Waals surface area contributed by atoms with E-state index in [0.717, 1.165) is 18.7 Å². The van der Waals surface area contributed by atoms with Crippen molar-refractivity contribution < 1.29 is 21.6 Å². The van der Waals surface area contributed by atoms with Crippen LogP contribution in [-0.2, 0) is 16.2 Å². The van der Waals surface area contributed by atoms with Crippen molar-refractivity contribution >= 4 is 21.8 Å². The molecule has 2 aromatic rings. The van der Waals surface area contributed by atoms with Gasteiger partial charge in [0.1, 0.15) is 11.9 Å². The first-order valence-electron chi connectivity index (χ1n) is 11.9. The molecule has 2 atom stereocenters. The number of halogens is 3. The molecule has 1 fully saturated rings. The smallest absolute Gasteiger partial charge is 0.369 e. The van der Waals surface area contributed by atoms with E-state index in [1.54, 1.807) is 6.92 Å². The number of hydrogen-bond acceptors (Lipinski definition) is 8. The number of aromatic nitrogens is 3. The van der Waals surface area contributed by atoms with Crippen molar-refractivity contribution in [1.82, 2.24) is 19.3 Å². The molecule has 4 heterocycles. The molecule has 0 aromatic carbocycles. The highest BCUT2D eigenvalue weighted by molar-refractivity contribution is 7.89. The molecular formula is C23H28F3N7O2S. The fraction of sp³-hybridized carbons (Fsp3) is 0.565. The zero-order valence-electron chi connectivity index (χ0n) is 20.0. The maximum atomic E-state index is 13.3. The van der Waals surface area contributed by atoms with Gasteiger partial charge in [-0.15, -0.1) is 0 Å². The molecule has 9 nitrogen and oxygen atoms in total. The zero-order chi connectivity index (χ0) is 26.1. The summed E-state index contributed by atoms with van der Waals surface area (Å²) in [6.45, 7) is 4.82. The Morgan fingerprint density at radius 1 is 1.25 bits per heavy atom. The quantitative estimate of drug-likeness (QED) is 0.565. The minimum Gasteiger partial charge on any atom is -0.369 e. The SMILES string of the molecule is CCC(Nc1ncc(C#N)c(C2CNc3ncc(C(F)(F)F)cc32)n1)C1CCN(S(=O)(=O)CC)CC1. The Morgan fingerprint density at radius 3 is 2.58 bits per heavy atom. The molecule has 0 saturated carbocycles. The van der Waals surface area contributed by atoms with Crippen LogP contribution in [0.4, 0.5) is 24.9 Å². The molecule has 2 unspecified atom stereocenters. The average Bonchev–Trinajstić information content (AvgIpc) is 3.30. The number of nitriles is 1. The summed E-state index contributed by atoms with van der Waals surface area (Å²) in [6, 6.07) is 3.07. The molecule has 0 aliphatic carbocycles. The predicted molar refractivity (Wildman–Crippen MR) is 128 cm³/mol. The van der Waals surface area contributed by atoms with E-state index < -0.39 is 27.7 Å². The molecule has 4 rings (SSSR count). The standard InChI is InChI=1S/C23H28F3N7O2S/c1-3-19(14-5-7-33(8-6-14)36(34,35)4-2)31-22-30-11-15(10-27)20(32-22)18-13-29-21-17(18)9-16(12-28-21)23(24,25)26/h9,11-12,14,18-19H,3-8,13H2,1-2H3,(H,28,29)(H,30,31,32). The number of nitrogens with zero attached hydrogens (tertiary/aromatic N) is 5. The zero-order valence-corrected chi connectivity index (χ0v) is 20.8. The maximum absolute atomic E-state index is 13.3. The first kappa shape index (κ1) is 26.1. The number of alkyl halides is 3. The maximum Gasteiger partial charge on any atom is 0.417 e. The van der Waals surface area contributed by atoms with Gasteiger partial charge in [0.05, 0.1) is 28.8 Å². The van der Waals surface area contributed by atoms with Crippen LogP contribution in [0.1, 0.15) is 61.4 Å². The molecule has 2 N–H and O–H groups in total. The highest BCUT2D eigenvalue weighted by Gasteiger charge is 2.36. The Hall–Kier alpha value is -2.98. The van der Waals surface area contributed by atoms with Crippen molar-refractivity contribution in [1.29, 1.82) is 5.26 Å². The Balaban J connectivity index is 1.56. The van der Waals surface area contributed by atoms with Crippen LogP contribution in [0.2, 0.25) is 0 Å². The van der Waals surface area contributed by atoms with E-state index >= 15 is 0 Å². The average molecular weight is 524 g/mol. The van der Waals surface area contributed by atoms with E-state index in [0.29, 0.717) is 43.0 Å². The van der Waals surface area contributed by atoms with Gasteiger partial charge in [0.15, 0.2) is 0 Å². The van der Waals surface area contributed by atoms with Gasteiger partial charge in [-0.3, -0.25) is 0 Å². The van der Waals surface area contributed by atoms with Gasteiger partial charge in [-0.1, -0.05) is 6.92 Å². The third-order valence-corrected chi connectivity index (χ3v) is 8.82. The monoisotopic (exact) mass is 523 g/mol. The van der Waals surface area contributed by atoms with E-state index in [1.165, 1.54) is 10.5 Å². The molecule has 0 amide bonds. The van der Waals surface area contributed by atoms with Crippen LogP contribution in [0.5, 0.6) is 0 Å². The summed E-state index contributed by atoms with van der Waals surface area (Å²) in [5.41, 5.74) is -0.00399.